The van der Waals surface area contributed by atoms with Crippen molar-refractivity contribution in [1.82, 2.24) is 0 Å². The van der Waals surface area contributed by atoms with Crippen LogP contribution >= 0.6 is 15.9 Å². The van der Waals surface area contributed by atoms with Gasteiger partial charge in [-0.25, -0.2) is 4.79 Å². The number of aromatic carboxylic acids is 1. The quantitative estimate of drug-likeness (QED) is 0.937. The third-order valence-corrected chi connectivity index (χ3v) is 3.45. The number of carboxylic acid groups (broad SMARTS) is 1. The average Bonchev–Trinajstić information content (AvgIpc) is 2.38. The second kappa shape index (κ2) is 5.23. The molecule has 0 aromatic heterocycles. The number of ether oxygens (including phenoxy) is 1. The molecule has 0 radical (unpaired) electrons. The molecule has 0 amide bonds. The first-order chi connectivity index (χ1) is 8.65. The highest BCUT2D eigenvalue weighted by Crippen LogP contribution is 2.36. The summed E-state index contributed by atoms with van der Waals surface area (Å²) in [7, 11) is 1.45. The number of methoxy groups -OCH3 is 1. The number of hydrogen-bond acceptors (Lipinski definition) is 2. The Balaban J connectivity index is 2.65. The fourth-order valence-corrected chi connectivity index (χ4v) is 2.49. The van der Waals surface area contributed by atoms with Gasteiger partial charge in [0.05, 0.1) is 7.11 Å². The van der Waals surface area contributed by atoms with E-state index in [4.69, 9.17) is 4.74 Å². The molecule has 0 bridgehead atoms. The topological polar surface area (TPSA) is 46.5 Å². The average molecular weight is 307 g/mol. The van der Waals surface area contributed by atoms with Gasteiger partial charge in [-0.15, -0.1) is 0 Å². The molecule has 0 saturated heterocycles. The van der Waals surface area contributed by atoms with E-state index in [0.29, 0.717) is 10.2 Å². The van der Waals surface area contributed by atoms with Gasteiger partial charge in [0.15, 0.2) is 0 Å². The Morgan fingerprint density at radius 1 is 1.17 bits per heavy atom. The maximum absolute atomic E-state index is 11.3. The van der Waals surface area contributed by atoms with Crippen LogP contribution in [0.5, 0.6) is 5.75 Å². The number of benzene rings is 2. The summed E-state index contributed by atoms with van der Waals surface area (Å²) in [5, 5.41) is 9.24. The first-order valence-electron chi connectivity index (χ1n) is 5.30. The maximum Gasteiger partial charge on any atom is 0.340 e. The van der Waals surface area contributed by atoms with Crippen molar-refractivity contribution in [3.63, 3.8) is 0 Å². The Labute approximate surface area is 113 Å². The van der Waals surface area contributed by atoms with E-state index in [0.717, 1.165) is 11.1 Å². The van der Waals surface area contributed by atoms with Crippen molar-refractivity contribution in [3.05, 3.63) is 52.5 Å². The van der Waals surface area contributed by atoms with Gasteiger partial charge in [-0.05, 0) is 39.2 Å². The van der Waals surface area contributed by atoms with Gasteiger partial charge in [0, 0.05) is 4.47 Å². The highest BCUT2D eigenvalue weighted by atomic mass is 79.9. The molecular formula is C14H11BrO3. The molecule has 1 N–H and O–H groups in total. The summed E-state index contributed by atoms with van der Waals surface area (Å²) in [6.07, 6.45) is 0. The van der Waals surface area contributed by atoms with Crippen LogP contribution in [-0.4, -0.2) is 18.2 Å². The fourth-order valence-electron chi connectivity index (χ4n) is 1.77. The maximum atomic E-state index is 11.3. The largest absolute Gasteiger partial charge is 0.496 e. The summed E-state index contributed by atoms with van der Waals surface area (Å²) in [6.45, 7) is 0. The van der Waals surface area contributed by atoms with E-state index in [2.05, 4.69) is 15.9 Å². The SMILES string of the molecule is COc1ccc(-c2ccccc2)c(Br)c1C(=O)O. The lowest BCUT2D eigenvalue weighted by Gasteiger charge is -2.11. The van der Waals surface area contributed by atoms with Crippen molar-refractivity contribution in [1.29, 1.82) is 0 Å². The van der Waals surface area contributed by atoms with E-state index < -0.39 is 5.97 Å². The van der Waals surface area contributed by atoms with Crippen LogP contribution in [0.2, 0.25) is 0 Å². The van der Waals surface area contributed by atoms with Gasteiger partial charge in [0.2, 0.25) is 0 Å². The number of carboxylic acids is 1. The molecule has 3 nitrogen and oxygen atoms in total. The molecule has 0 heterocycles. The van der Waals surface area contributed by atoms with Gasteiger partial charge in [-0.3, -0.25) is 0 Å². The monoisotopic (exact) mass is 306 g/mol. The van der Waals surface area contributed by atoms with E-state index in [-0.39, 0.29) is 5.56 Å². The van der Waals surface area contributed by atoms with Gasteiger partial charge in [-0.2, -0.15) is 0 Å². The minimum Gasteiger partial charge on any atom is -0.496 e. The predicted octanol–water partition coefficient (Wildman–Crippen LogP) is 3.82. The van der Waals surface area contributed by atoms with Crippen LogP contribution in [0.3, 0.4) is 0 Å². The molecule has 2 aromatic rings. The molecule has 0 saturated carbocycles. The Morgan fingerprint density at radius 2 is 1.83 bits per heavy atom. The van der Waals surface area contributed by atoms with Gasteiger partial charge < -0.3 is 9.84 Å². The summed E-state index contributed by atoms with van der Waals surface area (Å²) < 4.78 is 5.60. The third-order valence-electron chi connectivity index (χ3n) is 2.62. The lowest BCUT2D eigenvalue weighted by molar-refractivity contribution is 0.0692. The number of carbonyl (C=O) groups is 1. The van der Waals surface area contributed by atoms with Gasteiger partial charge >= 0.3 is 5.97 Å². The van der Waals surface area contributed by atoms with Crippen molar-refractivity contribution < 1.29 is 14.6 Å². The van der Waals surface area contributed by atoms with Crippen LogP contribution in [0, 0.1) is 0 Å². The molecule has 2 rings (SSSR count). The second-order valence-corrected chi connectivity index (χ2v) is 4.47. The predicted molar refractivity (Wildman–Crippen MR) is 73.1 cm³/mol. The molecule has 0 spiro atoms. The van der Waals surface area contributed by atoms with Crippen LogP contribution in [-0.2, 0) is 0 Å². The van der Waals surface area contributed by atoms with E-state index in [9.17, 15) is 9.90 Å². The molecule has 0 unspecified atom stereocenters. The smallest absolute Gasteiger partial charge is 0.340 e. The third kappa shape index (κ3) is 2.24. The lowest BCUT2D eigenvalue weighted by atomic mass is 10.0. The van der Waals surface area contributed by atoms with Crippen LogP contribution in [0.1, 0.15) is 10.4 Å². The minimum atomic E-state index is -1.02. The van der Waals surface area contributed by atoms with E-state index in [1.807, 2.05) is 36.4 Å². The first-order valence-corrected chi connectivity index (χ1v) is 6.09. The molecule has 92 valence electrons. The molecule has 0 atom stereocenters. The van der Waals surface area contributed by atoms with Crippen molar-refractivity contribution >= 4 is 21.9 Å². The summed E-state index contributed by atoms with van der Waals surface area (Å²) in [4.78, 5) is 11.3. The zero-order valence-electron chi connectivity index (χ0n) is 9.68. The Morgan fingerprint density at radius 3 is 2.39 bits per heavy atom. The Hall–Kier alpha value is -1.81. The summed E-state index contributed by atoms with van der Waals surface area (Å²) >= 11 is 3.35. The van der Waals surface area contributed by atoms with Crippen LogP contribution in [0.25, 0.3) is 11.1 Å². The van der Waals surface area contributed by atoms with E-state index >= 15 is 0 Å². The van der Waals surface area contributed by atoms with Gasteiger partial charge in [0.1, 0.15) is 11.3 Å². The number of hydrogen-bond donors (Lipinski definition) is 1. The number of halogens is 1. The molecule has 0 fully saturated rings. The first kappa shape index (κ1) is 12.6. The lowest BCUT2D eigenvalue weighted by Crippen LogP contribution is -2.02. The summed E-state index contributed by atoms with van der Waals surface area (Å²) in [6, 6.07) is 13.1. The van der Waals surface area contributed by atoms with Crippen molar-refractivity contribution in [2.75, 3.05) is 7.11 Å². The zero-order valence-corrected chi connectivity index (χ0v) is 11.3. The summed E-state index contributed by atoms with van der Waals surface area (Å²) in [5.74, 6) is -0.675. The number of rotatable bonds is 3. The van der Waals surface area contributed by atoms with E-state index in [1.54, 1.807) is 6.07 Å². The highest BCUT2D eigenvalue weighted by molar-refractivity contribution is 9.10. The highest BCUT2D eigenvalue weighted by Gasteiger charge is 2.18. The molecule has 0 aliphatic heterocycles. The van der Waals surface area contributed by atoms with Crippen LogP contribution < -0.4 is 4.74 Å². The molecule has 4 heteroatoms. The van der Waals surface area contributed by atoms with E-state index in [1.165, 1.54) is 7.11 Å². The Bertz CT molecular complexity index is 579. The van der Waals surface area contributed by atoms with Crippen molar-refractivity contribution in [3.8, 4) is 16.9 Å². The van der Waals surface area contributed by atoms with Crippen molar-refractivity contribution in [2.45, 2.75) is 0 Å². The standard InChI is InChI=1S/C14H11BrO3/c1-18-11-8-7-10(9-5-3-2-4-6-9)13(15)12(11)14(16)17/h2-8H,1H3,(H,16,17). The van der Waals surface area contributed by atoms with Gasteiger partial charge in [0.25, 0.3) is 0 Å². The minimum absolute atomic E-state index is 0.138. The normalized spacial score (nSPS) is 10.1. The van der Waals surface area contributed by atoms with Crippen LogP contribution in [0.4, 0.5) is 0 Å². The fraction of sp³-hybridized carbons (Fsp3) is 0.0714. The zero-order chi connectivity index (χ0) is 13.1. The molecule has 18 heavy (non-hydrogen) atoms. The molecule has 0 aliphatic carbocycles. The summed E-state index contributed by atoms with van der Waals surface area (Å²) in [5.41, 5.74) is 1.92. The van der Waals surface area contributed by atoms with Crippen LogP contribution in [0.15, 0.2) is 46.9 Å². The second-order valence-electron chi connectivity index (χ2n) is 3.68. The molecule has 0 aliphatic rings. The van der Waals surface area contributed by atoms with Gasteiger partial charge in [-0.1, -0.05) is 30.3 Å². The molecular weight excluding hydrogens is 296 g/mol. The molecule has 2 aromatic carbocycles. The van der Waals surface area contributed by atoms with Crippen molar-refractivity contribution in [2.24, 2.45) is 0 Å². The Kier molecular flexibility index (Phi) is 3.67.